The van der Waals surface area contributed by atoms with Crippen LogP contribution in [0.25, 0.3) is 0 Å². The van der Waals surface area contributed by atoms with E-state index in [9.17, 15) is 8.78 Å². The highest BCUT2D eigenvalue weighted by Gasteiger charge is 2.48. The van der Waals surface area contributed by atoms with Crippen molar-refractivity contribution in [3.63, 3.8) is 0 Å². The third-order valence-corrected chi connectivity index (χ3v) is 4.52. The molecule has 2 rings (SSSR count). The minimum Gasteiger partial charge on any atom is -0.308 e. The molecule has 0 spiro atoms. The largest absolute Gasteiger partial charge is 0.308 e. The van der Waals surface area contributed by atoms with E-state index in [1.807, 2.05) is 4.90 Å². The number of hydrogen-bond donors (Lipinski definition) is 1. The van der Waals surface area contributed by atoms with Crippen molar-refractivity contribution in [1.29, 1.82) is 0 Å². The van der Waals surface area contributed by atoms with Crippen LogP contribution in [0.15, 0.2) is 0 Å². The molecular formula is C14H26F2N2. The van der Waals surface area contributed by atoms with E-state index in [1.165, 1.54) is 12.8 Å². The Morgan fingerprint density at radius 2 is 1.94 bits per heavy atom. The van der Waals surface area contributed by atoms with Gasteiger partial charge in [0.15, 0.2) is 0 Å². The number of halogens is 2. The Balaban J connectivity index is 2.09. The molecule has 0 aromatic heterocycles. The highest BCUT2D eigenvalue weighted by atomic mass is 19.3. The van der Waals surface area contributed by atoms with E-state index in [-0.39, 0.29) is 23.5 Å². The lowest BCUT2D eigenvalue weighted by molar-refractivity contribution is -0.0174. The summed E-state index contributed by atoms with van der Waals surface area (Å²) in [5.74, 6) is 0.679. The summed E-state index contributed by atoms with van der Waals surface area (Å²) in [4.78, 5) is 2.01. The first-order valence-corrected chi connectivity index (χ1v) is 6.99. The first kappa shape index (κ1) is 14.2. The molecule has 2 atom stereocenters. The van der Waals surface area contributed by atoms with Gasteiger partial charge in [0.2, 0.25) is 0 Å². The molecule has 0 aromatic rings. The van der Waals surface area contributed by atoms with E-state index in [0.717, 1.165) is 13.1 Å². The van der Waals surface area contributed by atoms with Crippen molar-refractivity contribution in [3.8, 4) is 0 Å². The predicted molar refractivity (Wildman–Crippen MR) is 70.0 cm³/mol. The summed E-state index contributed by atoms with van der Waals surface area (Å²) in [6.45, 7) is 10.1. The van der Waals surface area contributed by atoms with Crippen LogP contribution < -0.4 is 5.32 Å². The smallest absolute Gasteiger partial charge is 0.251 e. The third kappa shape index (κ3) is 3.02. The maximum Gasteiger partial charge on any atom is 0.251 e. The number of rotatable bonds is 3. The number of nitrogens with zero attached hydrogens (tertiary/aromatic N) is 1. The first-order valence-electron chi connectivity index (χ1n) is 6.99. The van der Waals surface area contributed by atoms with Gasteiger partial charge in [-0.3, -0.25) is 4.90 Å². The van der Waals surface area contributed by atoms with Gasteiger partial charge in [-0.15, -0.1) is 0 Å². The standard InChI is InChI=1S/C14H26F2N2/c1-13(2,3)11-7-17-14(4,10-5-6-10)9-18(11)8-12(15)16/h10-12,17H,5-9H2,1-4H3. The highest BCUT2D eigenvalue weighted by molar-refractivity contribution is 5.05. The van der Waals surface area contributed by atoms with Gasteiger partial charge >= 0.3 is 0 Å². The third-order valence-electron chi connectivity index (χ3n) is 4.52. The van der Waals surface area contributed by atoms with Gasteiger partial charge in [-0.25, -0.2) is 8.78 Å². The second-order valence-electron chi connectivity index (χ2n) is 7.27. The lowest BCUT2D eigenvalue weighted by Crippen LogP contribution is -2.67. The van der Waals surface area contributed by atoms with Gasteiger partial charge in [-0.1, -0.05) is 20.8 Å². The maximum atomic E-state index is 12.8. The summed E-state index contributed by atoms with van der Waals surface area (Å²) < 4.78 is 25.6. The van der Waals surface area contributed by atoms with E-state index < -0.39 is 6.43 Å². The molecule has 1 heterocycles. The van der Waals surface area contributed by atoms with Crippen LogP contribution in [0.2, 0.25) is 0 Å². The Morgan fingerprint density at radius 1 is 1.33 bits per heavy atom. The lowest BCUT2D eigenvalue weighted by atomic mass is 9.80. The van der Waals surface area contributed by atoms with Crippen LogP contribution in [0.3, 0.4) is 0 Å². The summed E-state index contributed by atoms with van der Waals surface area (Å²) in [5, 5.41) is 3.63. The molecule has 0 radical (unpaired) electrons. The molecule has 0 amide bonds. The molecule has 4 heteroatoms. The molecule has 1 saturated carbocycles. The van der Waals surface area contributed by atoms with Gasteiger partial charge in [-0.05, 0) is 31.1 Å². The Kier molecular flexibility index (Phi) is 3.72. The molecule has 0 aromatic carbocycles. The normalized spacial score (nSPS) is 35.2. The summed E-state index contributed by atoms with van der Waals surface area (Å²) >= 11 is 0. The van der Waals surface area contributed by atoms with Crippen molar-refractivity contribution >= 4 is 0 Å². The molecule has 1 saturated heterocycles. The number of piperazine rings is 1. The SMILES string of the molecule is CC(C)(C)C1CNC(C)(C2CC2)CN1CC(F)F. The van der Waals surface area contributed by atoms with Crippen molar-refractivity contribution in [2.45, 2.75) is 58.5 Å². The van der Waals surface area contributed by atoms with Crippen LogP contribution in [0.1, 0.15) is 40.5 Å². The molecule has 2 fully saturated rings. The molecule has 2 aliphatic rings. The van der Waals surface area contributed by atoms with E-state index in [1.54, 1.807) is 0 Å². The first-order chi connectivity index (χ1) is 8.22. The van der Waals surface area contributed by atoms with Crippen LogP contribution in [0.4, 0.5) is 8.78 Å². The van der Waals surface area contributed by atoms with Gasteiger partial charge in [0.05, 0.1) is 6.54 Å². The van der Waals surface area contributed by atoms with Crippen molar-refractivity contribution in [3.05, 3.63) is 0 Å². The highest BCUT2D eigenvalue weighted by Crippen LogP contribution is 2.42. The zero-order valence-electron chi connectivity index (χ0n) is 12.0. The van der Waals surface area contributed by atoms with Crippen LogP contribution in [-0.2, 0) is 0 Å². The molecule has 1 aliphatic heterocycles. The van der Waals surface area contributed by atoms with Gasteiger partial charge in [0, 0.05) is 24.7 Å². The summed E-state index contributed by atoms with van der Waals surface area (Å²) in [5.41, 5.74) is 0.0728. The van der Waals surface area contributed by atoms with Crippen molar-refractivity contribution < 1.29 is 8.78 Å². The van der Waals surface area contributed by atoms with Crippen molar-refractivity contribution in [2.75, 3.05) is 19.6 Å². The van der Waals surface area contributed by atoms with Crippen molar-refractivity contribution in [2.24, 2.45) is 11.3 Å². The minimum absolute atomic E-state index is 0.0345. The average Bonchev–Trinajstić information content (AvgIpc) is 2.96. The second kappa shape index (κ2) is 4.71. The Labute approximate surface area is 109 Å². The van der Waals surface area contributed by atoms with Gasteiger partial charge in [0.25, 0.3) is 6.43 Å². The van der Waals surface area contributed by atoms with E-state index in [4.69, 9.17) is 0 Å². The molecule has 2 unspecified atom stereocenters. The fourth-order valence-electron chi connectivity index (χ4n) is 3.26. The van der Waals surface area contributed by atoms with Crippen LogP contribution in [-0.4, -0.2) is 42.5 Å². The molecule has 2 nitrogen and oxygen atoms in total. The molecule has 1 N–H and O–H groups in total. The van der Waals surface area contributed by atoms with Crippen LogP contribution in [0, 0.1) is 11.3 Å². The summed E-state index contributed by atoms with van der Waals surface area (Å²) in [7, 11) is 0. The van der Waals surface area contributed by atoms with Crippen LogP contribution >= 0.6 is 0 Å². The Morgan fingerprint density at radius 3 is 2.39 bits per heavy atom. The average molecular weight is 260 g/mol. The topological polar surface area (TPSA) is 15.3 Å². The Bertz CT molecular complexity index is 297. The molecule has 106 valence electrons. The van der Waals surface area contributed by atoms with Gasteiger partial charge in [0.1, 0.15) is 0 Å². The van der Waals surface area contributed by atoms with Crippen molar-refractivity contribution in [1.82, 2.24) is 10.2 Å². The zero-order valence-corrected chi connectivity index (χ0v) is 12.0. The summed E-state index contributed by atoms with van der Waals surface area (Å²) in [6, 6.07) is 0.193. The van der Waals surface area contributed by atoms with Gasteiger partial charge < -0.3 is 5.32 Å². The summed E-state index contributed by atoms with van der Waals surface area (Å²) in [6.07, 6.45) is 0.245. The maximum absolute atomic E-state index is 12.8. The fourth-order valence-corrected chi connectivity index (χ4v) is 3.26. The lowest BCUT2D eigenvalue weighted by Gasteiger charge is -2.50. The molecule has 18 heavy (non-hydrogen) atoms. The van der Waals surface area contributed by atoms with Gasteiger partial charge in [-0.2, -0.15) is 0 Å². The molecular weight excluding hydrogens is 234 g/mol. The van der Waals surface area contributed by atoms with E-state index in [2.05, 4.69) is 33.0 Å². The van der Waals surface area contributed by atoms with Crippen LogP contribution in [0.5, 0.6) is 0 Å². The monoisotopic (exact) mass is 260 g/mol. The quantitative estimate of drug-likeness (QED) is 0.839. The molecule has 1 aliphatic carbocycles. The van der Waals surface area contributed by atoms with E-state index >= 15 is 0 Å². The van der Waals surface area contributed by atoms with E-state index in [0.29, 0.717) is 5.92 Å². The minimum atomic E-state index is -2.24. The fraction of sp³-hybridized carbons (Fsp3) is 1.00. The Hall–Kier alpha value is -0.220. The number of nitrogens with one attached hydrogen (secondary N) is 1. The number of hydrogen-bond acceptors (Lipinski definition) is 2. The zero-order chi connectivity index (χ0) is 13.6. The molecule has 0 bridgehead atoms. The second-order valence-corrected chi connectivity index (χ2v) is 7.27. The number of alkyl halides is 2. The predicted octanol–water partition coefficient (Wildman–Crippen LogP) is 2.74.